The zero-order valence-electron chi connectivity index (χ0n) is 25.8. The van der Waals surface area contributed by atoms with E-state index in [4.69, 9.17) is 4.74 Å². The van der Waals surface area contributed by atoms with Crippen LogP contribution in [-0.2, 0) is 25.7 Å². The lowest BCUT2D eigenvalue weighted by atomic mass is 9.73. The van der Waals surface area contributed by atoms with Crippen molar-refractivity contribution in [2.75, 3.05) is 49.1 Å². The summed E-state index contributed by atoms with van der Waals surface area (Å²) < 4.78 is 7.01. The lowest BCUT2D eigenvalue weighted by Gasteiger charge is -2.38. The van der Waals surface area contributed by atoms with Crippen molar-refractivity contribution in [3.05, 3.63) is 84.5 Å². The van der Waals surface area contributed by atoms with E-state index in [9.17, 15) is 19.5 Å². The van der Waals surface area contributed by atoms with Crippen LogP contribution in [0.15, 0.2) is 78.9 Å². The van der Waals surface area contributed by atoms with Crippen LogP contribution in [0.1, 0.15) is 32.8 Å². The molecule has 4 heterocycles. The van der Waals surface area contributed by atoms with Crippen LogP contribution in [0.3, 0.4) is 0 Å². The minimum atomic E-state index is -1.35. The summed E-state index contributed by atoms with van der Waals surface area (Å²) in [5.41, 5.74) is 0.389. The van der Waals surface area contributed by atoms with Crippen LogP contribution < -0.4 is 9.80 Å². The zero-order valence-corrected chi connectivity index (χ0v) is 25.8. The predicted molar refractivity (Wildman–Crippen MR) is 169 cm³/mol. The van der Waals surface area contributed by atoms with Gasteiger partial charge in [0, 0.05) is 50.6 Å². The molecule has 0 bridgehead atoms. The summed E-state index contributed by atoms with van der Waals surface area (Å²) in [5.74, 6) is -2.49. The van der Waals surface area contributed by atoms with E-state index in [-0.39, 0.29) is 30.9 Å². The largest absolute Gasteiger partial charge is 0.395 e. The third-order valence-corrected chi connectivity index (χ3v) is 9.87. The molecule has 3 amide bonds. The monoisotopic (exact) mass is 598 g/mol. The molecule has 0 aromatic heterocycles. The summed E-state index contributed by atoms with van der Waals surface area (Å²) in [6.45, 7) is 8.70. The van der Waals surface area contributed by atoms with Gasteiger partial charge in [-0.1, -0.05) is 61.6 Å². The van der Waals surface area contributed by atoms with Crippen molar-refractivity contribution in [1.29, 1.82) is 0 Å². The Morgan fingerprint density at radius 3 is 2.23 bits per heavy atom. The van der Waals surface area contributed by atoms with E-state index in [2.05, 4.69) is 18.7 Å². The molecule has 1 unspecified atom stereocenters. The first-order chi connectivity index (χ1) is 21.3. The second-order valence-corrected chi connectivity index (χ2v) is 12.0. The van der Waals surface area contributed by atoms with E-state index in [0.29, 0.717) is 26.1 Å². The predicted octanol–water partition coefficient (Wildman–Crippen LogP) is 3.39. The highest BCUT2D eigenvalue weighted by Crippen LogP contribution is 2.58. The van der Waals surface area contributed by atoms with E-state index in [0.717, 1.165) is 30.0 Å². The Labute approximate surface area is 259 Å². The Bertz CT molecular complexity index is 1460. The number of carbonyl (C=O) groups excluding carboxylic acids is 3. The smallest absolute Gasteiger partial charge is 0.253 e. The minimum absolute atomic E-state index is 0.0248. The first-order valence-electron chi connectivity index (χ1n) is 15.8. The molecular formula is C35H42N4O5. The van der Waals surface area contributed by atoms with E-state index >= 15 is 0 Å². The van der Waals surface area contributed by atoms with Crippen LogP contribution >= 0.6 is 0 Å². The standard InChI is InChI=1S/C35H42N4O5/c1-4-34-18-10-20-37(24-25-12-8-7-9-13-25)31(41)28(34)29-32(42)39(22-23-40)30-33(43)38(21-11-19-35(29,30)44-34)27-16-14-26(15-17-27)36(5-2)6-3/h7-19,28-30,40H,4-6,20-24H2,1-3H3/t28-,29-,30?,34+,35-/m0/s1. The van der Waals surface area contributed by atoms with Crippen LogP contribution in [0.5, 0.6) is 0 Å². The second-order valence-electron chi connectivity index (χ2n) is 12.0. The van der Waals surface area contributed by atoms with Crippen molar-refractivity contribution in [1.82, 2.24) is 9.80 Å². The Balaban J connectivity index is 1.40. The van der Waals surface area contributed by atoms with Gasteiger partial charge in [-0.3, -0.25) is 14.4 Å². The normalized spacial score (nSPS) is 29.4. The Morgan fingerprint density at radius 2 is 1.57 bits per heavy atom. The number of likely N-dealkylation sites (tertiary alicyclic amines) is 1. The number of amides is 3. The first kappa shape index (κ1) is 30.1. The third kappa shape index (κ3) is 4.64. The van der Waals surface area contributed by atoms with Gasteiger partial charge in [0.2, 0.25) is 11.8 Å². The summed E-state index contributed by atoms with van der Waals surface area (Å²) in [5, 5.41) is 10.0. The van der Waals surface area contributed by atoms with Gasteiger partial charge in [-0.2, -0.15) is 0 Å². The van der Waals surface area contributed by atoms with Crippen LogP contribution in [0.4, 0.5) is 11.4 Å². The maximum absolute atomic E-state index is 14.6. The van der Waals surface area contributed by atoms with Gasteiger partial charge in [0.25, 0.3) is 5.91 Å². The van der Waals surface area contributed by atoms with Gasteiger partial charge in [0.15, 0.2) is 0 Å². The molecule has 2 saturated heterocycles. The highest BCUT2D eigenvalue weighted by molar-refractivity contribution is 6.06. The van der Waals surface area contributed by atoms with E-state index in [1.807, 2.05) is 85.8 Å². The molecule has 5 atom stereocenters. The molecule has 2 aromatic carbocycles. The van der Waals surface area contributed by atoms with Gasteiger partial charge in [-0.05, 0) is 50.1 Å². The molecule has 4 aliphatic heterocycles. The van der Waals surface area contributed by atoms with Gasteiger partial charge in [-0.15, -0.1) is 0 Å². The van der Waals surface area contributed by atoms with Gasteiger partial charge in [0.05, 0.1) is 24.0 Å². The van der Waals surface area contributed by atoms with Gasteiger partial charge in [-0.25, -0.2) is 0 Å². The highest BCUT2D eigenvalue weighted by atomic mass is 16.5. The van der Waals surface area contributed by atoms with E-state index in [1.165, 1.54) is 4.90 Å². The van der Waals surface area contributed by atoms with Gasteiger partial charge >= 0.3 is 0 Å². The Hall–Kier alpha value is -3.95. The molecule has 4 aliphatic rings. The summed E-state index contributed by atoms with van der Waals surface area (Å²) in [6.07, 6.45) is 8.12. The number of hydrogen-bond donors (Lipinski definition) is 1. The number of fused-ring (bicyclic) bond motifs is 2. The Kier molecular flexibility index (Phi) is 8.11. The number of β-amino-alcohol motifs (C(OH)–C–C–N with tert-alkyl or cyclic N) is 1. The van der Waals surface area contributed by atoms with Crippen LogP contribution in [0, 0.1) is 11.8 Å². The molecule has 6 rings (SSSR count). The average molecular weight is 599 g/mol. The number of nitrogens with zero attached hydrogens (tertiary/aromatic N) is 4. The molecule has 9 heteroatoms. The number of aliphatic hydroxyl groups excluding tert-OH is 1. The molecule has 9 nitrogen and oxygen atoms in total. The fourth-order valence-electron chi connectivity index (χ4n) is 7.77. The van der Waals surface area contributed by atoms with Crippen molar-refractivity contribution in [3.63, 3.8) is 0 Å². The first-order valence-corrected chi connectivity index (χ1v) is 15.8. The summed E-state index contributed by atoms with van der Waals surface area (Å²) in [7, 11) is 0. The quantitative estimate of drug-likeness (QED) is 0.445. The fourth-order valence-corrected chi connectivity index (χ4v) is 7.77. The SMILES string of the molecule is CCN(CC)c1ccc(N2CC=C[C@]34O[C@]5(CC)C=CCN(Cc6ccccc6)C(=O)[C@@H]5[C@H]3C(=O)N(CCO)C4C2=O)cc1. The molecule has 0 radical (unpaired) electrons. The number of ether oxygens (including phenoxy) is 1. The van der Waals surface area contributed by atoms with Crippen molar-refractivity contribution in [2.45, 2.75) is 51.0 Å². The lowest BCUT2D eigenvalue weighted by Crippen LogP contribution is -2.56. The molecule has 2 fully saturated rings. The molecule has 0 aliphatic carbocycles. The summed E-state index contributed by atoms with van der Waals surface area (Å²) in [6, 6.07) is 16.7. The summed E-state index contributed by atoms with van der Waals surface area (Å²) in [4.78, 5) is 50.6. The molecule has 2 aromatic rings. The number of benzene rings is 2. The minimum Gasteiger partial charge on any atom is -0.395 e. The fraction of sp³-hybridized carbons (Fsp3) is 0.457. The molecular weight excluding hydrogens is 556 g/mol. The second kappa shape index (κ2) is 11.9. The van der Waals surface area contributed by atoms with Crippen molar-refractivity contribution < 1.29 is 24.2 Å². The van der Waals surface area contributed by atoms with E-state index in [1.54, 1.807) is 9.80 Å². The van der Waals surface area contributed by atoms with Crippen LogP contribution in [0.25, 0.3) is 0 Å². The lowest BCUT2D eigenvalue weighted by molar-refractivity contribution is -0.150. The van der Waals surface area contributed by atoms with Crippen molar-refractivity contribution >= 4 is 29.1 Å². The number of carbonyl (C=O) groups is 3. The molecule has 1 spiro atoms. The topological polar surface area (TPSA) is 93.6 Å². The summed E-state index contributed by atoms with van der Waals surface area (Å²) >= 11 is 0. The van der Waals surface area contributed by atoms with Gasteiger partial charge in [0.1, 0.15) is 11.6 Å². The zero-order chi connectivity index (χ0) is 31.1. The Morgan fingerprint density at radius 1 is 0.864 bits per heavy atom. The van der Waals surface area contributed by atoms with Crippen LogP contribution in [0.2, 0.25) is 0 Å². The van der Waals surface area contributed by atoms with E-state index < -0.39 is 29.1 Å². The van der Waals surface area contributed by atoms with Crippen LogP contribution in [-0.4, -0.2) is 89.2 Å². The molecule has 232 valence electrons. The number of hydrogen-bond acceptors (Lipinski definition) is 6. The van der Waals surface area contributed by atoms with Crippen molar-refractivity contribution in [2.24, 2.45) is 11.8 Å². The maximum Gasteiger partial charge on any atom is 0.253 e. The van der Waals surface area contributed by atoms with Gasteiger partial charge < -0.3 is 29.4 Å². The third-order valence-electron chi connectivity index (χ3n) is 9.87. The number of anilines is 2. The average Bonchev–Trinajstić information content (AvgIpc) is 3.33. The maximum atomic E-state index is 14.6. The molecule has 44 heavy (non-hydrogen) atoms. The number of aliphatic hydroxyl groups is 1. The molecule has 1 N–H and O–H groups in total. The van der Waals surface area contributed by atoms with Crippen molar-refractivity contribution in [3.8, 4) is 0 Å². The molecule has 0 saturated carbocycles. The number of rotatable bonds is 9. The highest BCUT2D eigenvalue weighted by Gasteiger charge is 2.75.